The van der Waals surface area contributed by atoms with Crippen molar-refractivity contribution in [2.24, 2.45) is 0 Å². The zero-order chi connectivity index (χ0) is 14.2. The van der Waals surface area contributed by atoms with Gasteiger partial charge in [-0.1, -0.05) is 18.2 Å². The molecule has 1 saturated carbocycles. The third kappa shape index (κ3) is 2.80. The van der Waals surface area contributed by atoms with Crippen molar-refractivity contribution < 1.29 is 0 Å². The molecule has 2 aromatic heterocycles. The molecule has 0 amide bonds. The van der Waals surface area contributed by atoms with Crippen LogP contribution in [0.2, 0.25) is 0 Å². The minimum absolute atomic E-state index is 0.687. The number of para-hydroxylation sites is 1. The highest BCUT2D eigenvalue weighted by Gasteiger charge is 2.20. The van der Waals surface area contributed by atoms with Gasteiger partial charge < -0.3 is 5.32 Å². The van der Waals surface area contributed by atoms with Crippen LogP contribution in [-0.4, -0.2) is 20.8 Å². The average Bonchev–Trinajstić information content (AvgIpc) is 3.24. The molecule has 0 unspecified atom stereocenters. The van der Waals surface area contributed by atoms with Crippen molar-refractivity contribution in [2.75, 3.05) is 0 Å². The summed E-state index contributed by atoms with van der Waals surface area (Å²) in [6.45, 7) is 0.820. The van der Waals surface area contributed by atoms with E-state index in [1.54, 1.807) is 0 Å². The quantitative estimate of drug-likeness (QED) is 0.696. The number of fused-ring (bicyclic) bond motifs is 1. The first-order valence-electron chi connectivity index (χ1n) is 7.12. The standard InChI is InChI=1S/C16H15IN4/c17-11-8-19-21(10-11)16-7-13(9-18-12-5-6-12)20-15-4-2-1-3-14(15)16/h1-4,7-8,10,12,18H,5-6,9H2. The molecule has 4 nitrogen and oxygen atoms in total. The number of rotatable bonds is 4. The minimum Gasteiger partial charge on any atom is -0.308 e. The number of halogens is 1. The lowest BCUT2D eigenvalue weighted by atomic mass is 10.1. The Bertz CT molecular complexity index is 792. The first-order valence-corrected chi connectivity index (χ1v) is 8.20. The summed E-state index contributed by atoms with van der Waals surface area (Å²) in [6, 6.07) is 11.1. The second kappa shape index (κ2) is 5.38. The number of hydrogen-bond donors (Lipinski definition) is 1. The largest absolute Gasteiger partial charge is 0.308 e. The highest BCUT2D eigenvalue weighted by Crippen LogP contribution is 2.23. The van der Waals surface area contributed by atoms with Crippen LogP contribution in [0, 0.1) is 3.57 Å². The van der Waals surface area contributed by atoms with Crippen LogP contribution < -0.4 is 5.32 Å². The molecule has 0 saturated heterocycles. The highest BCUT2D eigenvalue weighted by molar-refractivity contribution is 14.1. The van der Waals surface area contributed by atoms with Crippen LogP contribution in [0.4, 0.5) is 0 Å². The van der Waals surface area contributed by atoms with E-state index >= 15 is 0 Å². The summed E-state index contributed by atoms with van der Waals surface area (Å²) in [5.41, 5.74) is 3.19. The fourth-order valence-corrected chi connectivity index (χ4v) is 2.85. The topological polar surface area (TPSA) is 42.7 Å². The number of aromatic nitrogens is 3. The van der Waals surface area contributed by atoms with E-state index < -0.39 is 0 Å². The van der Waals surface area contributed by atoms with Gasteiger partial charge in [0, 0.05) is 24.2 Å². The van der Waals surface area contributed by atoms with Crippen LogP contribution in [-0.2, 0) is 6.54 Å². The lowest BCUT2D eigenvalue weighted by molar-refractivity contribution is 0.675. The predicted molar refractivity (Wildman–Crippen MR) is 91.4 cm³/mol. The van der Waals surface area contributed by atoms with Crippen LogP contribution in [0.5, 0.6) is 0 Å². The van der Waals surface area contributed by atoms with Gasteiger partial charge in [-0.25, -0.2) is 4.68 Å². The van der Waals surface area contributed by atoms with Gasteiger partial charge in [-0.15, -0.1) is 0 Å². The zero-order valence-corrected chi connectivity index (χ0v) is 13.6. The molecule has 1 aromatic carbocycles. The highest BCUT2D eigenvalue weighted by atomic mass is 127. The van der Waals surface area contributed by atoms with E-state index in [9.17, 15) is 0 Å². The third-order valence-corrected chi connectivity index (χ3v) is 4.25. The van der Waals surface area contributed by atoms with E-state index in [-0.39, 0.29) is 0 Å². The molecule has 21 heavy (non-hydrogen) atoms. The summed E-state index contributed by atoms with van der Waals surface area (Å²) in [5.74, 6) is 0. The summed E-state index contributed by atoms with van der Waals surface area (Å²) in [6.07, 6.45) is 6.49. The van der Waals surface area contributed by atoms with Crippen molar-refractivity contribution in [2.45, 2.75) is 25.4 Å². The molecule has 5 heteroatoms. The number of hydrogen-bond acceptors (Lipinski definition) is 3. The number of nitrogens with zero attached hydrogens (tertiary/aromatic N) is 3. The maximum absolute atomic E-state index is 4.76. The minimum atomic E-state index is 0.687. The monoisotopic (exact) mass is 390 g/mol. The first-order chi connectivity index (χ1) is 10.3. The number of benzene rings is 1. The Morgan fingerprint density at radius 3 is 2.90 bits per heavy atom. The van der Waals surface area contributed by atoms with Crippen molar-refractivity contribution in [3.05, 3.63) is 52.0 Å². The van der Waals surface area contributed by atoms with Crippen molar-refractivity contribution in [1.29, 1.82) is 0 Å². The second-order valence-corrected chi connectivity index (χ2v) is 6.65. The molecule has 0 spiro atoms. The third-order valence-electron chi connectivity index (χ3n) is 3.69. The Morgan fingerprint density at radius 2 is 2.14 bits per heavy atom. The van der Waals surface area contributed by atoms with Crippen LogP contribution in [0.25, 0.3) is 16.6 Å². The Balaban J connectivity index is 1.81. The average molecular weight is 390 g/mol. The fraction of sp³-hybridized carbons (Fsp3) is 0.250. The van der Waals surface area contributed by atoms with Crippen molar-refractivity contribution >= 4 is 33.5 Å². The van der Waals surface area contributed by atoms with Crippen molar-refractivity contribution in [3.63, 3.8) is 0 Å². The normalized spacial score (nSPS) is 14.7. The Hall–Kier alpha value is -1.47. The van der Waals surface area contributed by atoms with Gasteiger partial charge in [-0.2, -0.15) is 5.10 Å². The SMILES string of the molecule is Ic1cnn(-c2cc(CNC3CC3)nc3ccccc23)c1. The summed E-state index contributed by atoms with van der Waals surface area (Å²) in [4.78, 5) is 4.76. The molecule has 0 radical (unpaired) electrons. The summed E-state index contributed by atoms with van der Waals surface area (Å²) >= 11 is 2.28. The molecule has 0 bridgehead atoms. The molecular formula is C16H15IN4. The summed E-state index contributed by atoms with van der Waals surface area (Å²) in [7, 11) is 0. The summed E-state index contributed by atoms with van der Waals surface area (Å²) in [5, 5.41) is 9.11. The van der Waals surface area contributed by atoms with E-state index in [2.05, 4.69) is 51.2 Å². The lowest BCUT2D eigenvalue weighted by Gasteiger charge is -2.10. The molecule has 0 aliphatic heterocycles. The van der Waals surface area contributed by atoms with Gasteiger partial charge >= 0.3 is 0 Å². The van der Waals surface area contributed by atoms with E-state index in [4.69, 9.17) is 4.98 Å². The molecule has 4 rings (SSSR count). The molecule has 1 aliphatic rings. The molecule has 1 fully saturated rings. The molecule has 3 aromatic rings. The van der Waals surface area contributed by atoms with Gasteiger partial charge in [0.15, 0.2) is 0 Å². The van der Waals surface area contributed by atoms with Gasteiger partial charge in [-0.3, -0.25) is 4.98 Å². The van der Waals surface area contributed by atoms with E-state index in [0.717, 1.165) is 32.4 Å². The van der Waals surface area contributed by atoms with Crippen molar-refractivity contribution in [3.8, 4) is 5.69 Å². The zero-order valence-electron chi connectivity index (χ0n) is 11.5. The van der Waals surface area contributed by atoms with Gasteiger partial charge in [-0.05, 0) is 47.6 Å². The lowest BCUT2D eigenvalue weighted by Crippen LogP contribution is -2.16. The van der Waals surface area contributed by atoms with Gasteiger partial charge in [0.1, 0.15) is 0 Å². The van der Waals surface area contributed by atoms with E-state index in [0.29, 0.717) is 6.04 Å². The van der Waals surface area contributed by atoms with Crippen LogP contribution in [0.1, 0.15) is 18.5 Å². The molecule has 1 N–H and O–H groups in total. The molecule has 1 aliphatic carbocycles. The van der Waals surface area contributed by atoms with E-state index in [1.165, 1.54) is 12.8 Å². The predicted octanol–water partition coefficient (Wildman–Crippen LogP) is 3.28. The Kier molecular flexibility index (Phi) is 3.39. The molecular weight excluding hydrogens is 375 g/mol. The number of nitrogens with one attached hydrogen (secondary N) is 1. The van der Waals surface area contributed by atoms with Crippen LogP contribution in [0.15, 0.2) is 42.7 Å². The van der Waals surface area contributed by atoms with Gasteiger partial charge in [0.25, 0.3) is 0 Å². The summed E-state index contributed by atoms with van der Waals surface area (Å²) < 4.78 is 3.07. The Labute approximate surface area is 136 Å². The smallest absolute Gasteiger partial charge is 0.0758 e. The molecule has 2 heterocycles. The van der Waals surface area contributed by atoms with E-state index in [1.807, 2.05) is 29.2 Å². The first kappa shape index (κ1) is 13.2. The van der Waals surface area contributed by atoms with Crippen molar-refractivity contribution in [1.82, 2.24) is 20.1 Å². The second-order valence-electron chi connectivity index (χ2n) is 5.41. The number of pyridine rings is 1. The van der Waals surface area contributed by atoms with Crippen LogP contribution >= 0.6 is 22.6 Å². The van der Waals surface area contributed by atoms with Gasteiger partial charge in [0.05, 0.1) is 26.7 Å². The van der Waals surface area contributed by atoms with Crippen LogP contribution in [0.3, 0.4) is 0 Å². The maximum Gasteiger partial charge on any atom is 0.0758 e. The molecule has 106 valence electrons. The molecule has 0 atom stereocenters. The fourth-order valence-electron chi connectivity index (χ4n) is 2.46. The maximum atomic E-state index is 4.76. The Morgan fingerprint density at radius 1 is 1.29 bits per heavy atom. The van der Waals surface area contributed by atoms with Gasteiger partial charge in [0.2, 0.25) is 0 Å².